The molecule has 0 aliphatic carbocycles. The van der Waals surface area contributed by atoms with Crippen molar-refractivity contribution in [3.8, 4) is 5.75 Å². The van der Waals surface area contributed by atoms with E-state index in [1.165, 1.54) is 5.56 Å². The lowest BCUT2D eigenvalue weighted by Crippen LogP contribution is -2.49. The molecule has 0 saturated carbocycles. The van der Waals surface area contributed by atoms with Crippen molar-refractivity contribution in [1.82, 2.24) is 5.32 Å². The first-order valence-corrected chi connectivity index (χ1v) is 11.3. The molecule has 1 saturated heterocycles. The van der Waals surface area contributed by atoms with Gasteiger partial charge < -0.3 is 24.8 Å². The Bertz CT molecular complexity index is 625. The Kier molecular flexibility index (Phi) is 10.6. The van der Waals surface area contributed by atoms with Gasteiger partial charge in [-0.3, -0.25) is 10.1 Å². The third-order valence-electron chi connectivity index (χ3n) is 5.85. The molecule has 1 aromatic rings. The minimum absolute atomic E-state index is 0.00343. The predicted octanol–water partition coefficient (Wildman–Crippen LogP) is 3.44. The molecule has 0 amide bonds. The van der Waals surface area contributed by atoms with E-state index in [4.69, 9.17) is 9.84 Å². The maximum Gasteiger partial charge on any atom is 0.303 e. The molecule has 1 heterocycles. The summed E-state index contributed by atoms with van der Waals surface area (Å²) >= 11 is 0. The van der Waals surface area contributed by atoms with E-state index < -0.39 is 12.1 Å². The zero-order valence-corrected chi connectivity index (χ0v) is 18.2. The Balaban J connectivity index is 1.66. The summed E-state index contributed by atoms with van der Waals surface area (Å²) in [5, 5.41) is 35.3. The van der Waals surface area contributed by atoms with E-state index >= 15 is 0 Å². The molecular formula is C23H38N2O5. The van der Waals surface area contributed by atoms with Crippen molar-refractivity contribution in [2.45, 2.75) is 76.9 Å². The summed E-state index contributed by atoms with van der Waals surface area (Å²) in [7, 11) is 0. The number of hydrogen-bond acceptors (Lipinski definition) is 5. The minimum Gasteiger partial charge on any atom is -0.632 e. The molecule has 7 nitrogen and oxygen atoms in total. The summed E-state index contributed by atoms with van der Waals surface area (Å²) in [6, 6.07) is 7.95. The number of benzene rings is 1. The highest BCUT2D eigenvalue weighted by Crippen LogP contribution is 2.23. The van der Waals surface area contributed by atoms with E-state index in [2.05, 4.69) is 12.2 Å². The SMILES string of the molecule is CCCc1ccc(OCC(O)CC[N+]2([O-])CNCC2CCCCCCC(=O)O)cc1. The highest BCUT2D eigenvalue weighted by Gasteiger charge is 2.34. The number of quaternary nitrogens is 1. The number of hydrogen-bond donors (Lipinski definition) is 3. The van der Waals surface area contributed by atoms with Crippen LogP contribution in [0.1, 0.15) is 63.9 Å². The fraction of sp³-hybridized carbons (Fsp3) is 0.696. The average molecular weight is 423 g/mol. The fourth-order valence-corrected chi connectivity index (χ4v) is 4.01. The van der Waals surface area contributed by atoms with Crippen LogP contribution in [0, 0.1) is 5.21 Å². The number of aliphatic carboxylic acids is 1. The van der Waals surface area contributed by atoms with Gasteiger partial charge in [-0.05, 0) is 37.0 Å². The van der Waals surface area contributed by atoms with Crippen LogP contribution >= 0.6 is 0 Å². The van der Waals surface area contributed by atoms with Crippen LogP contribution in [-0.4, -0.2) is 59.3 Å². The Labute approximate surface area is 180 Å². The van der Waals surface area contributed by atoms with Crippen LogP contribution in [0.15, 0.2) is 24.3 Å². The van der Waals surface area contributed by atoms with Crippen molar-refractivity contribution in [3.63, 3.8) is 0 Å². The molecule has 1 aromatic carbocycles. The van der Waals surface area contributed by atoms with Crippen LogP contribution in [0.3, 0.4) is 0 Å². The normalized spacial score (nSPS) is 22.2. The molecule has 30 heavy (non-hydrogen) atoms. The summed E-state index contributed by atoms with van der Waals surface area (Å²) in [6.45, 7) is 3.80. The molecule has 7 heteroatoms. The van der Waals surface area contributed by atoms with Gasteiger partial charge in [-0.2, -0.15) is 0 Å². The van der Waals surface area contributed by atoms with Crippen LogP contribution < -0.4 is 10.1 Å². The van der Waals surface area contributed by atoms with E-state index in [1.54, 1.807) is 0 Å². The number of unbranched alkanes of at least 4 members (excludes halogenated alkanes) is 3. The number of aliphatic hydroxyl groups is 1. The van der Waals surface area contributed by atoms with Crippen molar-refractivity contribution in [2.75, 3.05) is 26.4 Å². The maximum atomic E-state index is 13.2. The molecule has 170 valence electrons. The van der Waals surface area contributed by atoms with Crippen molar-refractivity contribution >= 4 is 5.97 Å². The average Bonchev–Trinajstić information content (AvgIpc) is 3.09. The lowest BCUT2D eigenvalue weighted by molar-refractivity contribution is -0.893. The monoisotopic (exact) mass is 422 g/mol. The second-order valence-corrected chi connectivity index (χ2v) is 8.44. The largest absolute Gasteiger partial charge is 0.632 e. The van der Waals surface area contributed by atoms with Gasteiger partial charge >= 0.3 is 5.97 Å². The van der Waals surface area contributed by atoms with E-state index in [0.29, 0.717) is 32.6 Å². The molecule has 0 aromatic heterocycles. The summed E-state index contributed by atoms with van der Waals surface area (Å²) < 4.78 is 5.37. The van der Waals surface area contributed by atoms with Gasteiger partial charge in [-0.15, -0.1) is 0 Å². The lowest BCUT2D eigenvalue weighted by atomic mass is 10.1. The summed E-state index contributed by atoms with van der Waals surface area (Å²) in [6.07, 6.45) is 6.43. The van der Waals surface area contributed by atoms with Gasteiger partial charge in [0.1, 0.15) is 25.1 Å². The Morgan fingerprint density at radius 1 is 1.27 bits per heavy atom. The molecule has 0 spiro atoms. The van der Waals surface area contributed by atoms with E-state index in [1.807, 2.05) is 24.3 Å². The first kappa shape index (κ1) is 24.6. The van der Waals surface area contributed by atoms with Gasteiger partial charge in [0.15, 0.2) is 0 Å². The number of nitrogens with one attached hydrogen (secondary N) is 1. The second kappa shape index (κ2) is 12.9. The first-order chi connectivity index (χ1) is 14.4. The van der Waals surface area contributed by atoms with E-state index in [9.17, 15) is 15.1 Å². The third-order valence-corrected chi connectivity index (χ3v) is 5.85. The molecule has 2 rings (SSSR count). The van der Waals surface area contributed by atoms with Crippen LogP contribution in [0.5, 0.6) is 5.75 Å². The van der Waals surface area contributed by atoms with Crippen LogP contribution in [0.2, 0.25) is 0 Å². The van der Waals surface area contributed by atoms with Gasteiger partial charge in [0.2, 0.25) is 0 Å². The molecule has 0 bridgehead atoms. The number of aliphatic hydroxyl groups excluding tert-OH is 1. The number of rotatable bonds is 15. The van der Waals surface area contributed by atoms with E-state index in [0.717, 1.165) is 44.3 Å². The van der Waals surface area contributed by atoms with Gasteiger partial charge in [-0.1, -0.05) is 38.3 Å². The van der Waals surface area contributed by atoms with Crippen LogP contribution in [0.25, 0.3) is 0 Å². The molecule has 1 aliphatic heterocycles. The molecule has 3 atom stereocenters. The summed E-state index contributed by atoms with van der Waals surface area (Å²) in [5.41, 5.74) is 1.28. The second-order valence-electron chi connectivity index (χ2n) is 8.44. The van der Waals surface area contributed by atoms with Crippen molar-refractivity contribution in [1.29, 1.82) is 0 Å². The standard InChI is InChI=1S/C23H38N2O5/c1-2-7-19-10-12-22(13-11-19)30-17-21(26)14-15-25(29)18-24-16-20(25)8-5-3-4-6-9-23(27)28/h10-13,20-21,24,26H,2-9,14-18H2,1H3,(H,27,28). The summed E-state index contributed by atoms with van der Waals surface area (Å²) in [5.74, 6) is -0.00943. The van der Waals surface area contributed by atoms with Crippen LogP contribution in [0.4, 0.5) is 0 Å². The molecule has 1 aliphatic rings. The Hall–Kier alpha value is -1.67. The molecule has 3 N–H and O–H groups in total. The van der Waals surface area contributed by atoms with E-state index in [-0.39, 0.29) is 23.7 Å². The van der Waals surface area contributed by atoms with Gasteiger partial charge in [0.05, 0.1) is 19.2 Å². The minimum atomic E-state index is -0.749. The molecular weight excluding hydrogens is 384 g/mol. The lowest BCUT2D eigenvalue weighted by Gasteiger charge is -2.43. The zero-order valence-electron chi connectivity index (χ0n) is 18.2. The zero-order chi connectivity index (χ0) is 21.8. The highest BCUT2D eigenvalue weighted by atomic mass is 16.6. The number of ether oxygens (including phenoxy) is 1. The number of hydroxylamine groups is 3. The Morgan fingerprint density at radius 2 is 2.00 bits per heavy atom. The number of carboxylic acid groups (broad SMARTS) is 1. The van der Waals surface area contributed by atoms with Crippen molar-refractivity contribution in [3.05, 3.63) is 35.0 Å². The Morgan fingerprint density at radius 3 is 2.70 bits per heavy atom. The number of carbonyl (C=O) groups is 1. The van der Waals surface area contributed by atoms with Crippen molar-refractivity contribution in [2.24, 2.45) is 0 Å². The fourth-order valence-electron chi connectivity index (χ4n) is 4.01. The third kappa shape index (κ3) is 8.60. The quantitative estimate of drug-likeness (QED) is 0.227. The molecule has 3 unspecified atom stereocenters. The number of nitrogens with zero attached hydrogens (tertiary/aromatic N) is 1. The topological polar surface area (TPSA) is 102 Å². The first-order valence-electron chi connectivity index (χ1n) is 11.3. The highest BCUT2D eigenvalue weighted by molar-refractivity contribution is 5.66. The van der Waals surface area contributed by atoms with Gasteiger partial charge in [-0.25, -0.2) is 0 Å². The number of carboxylic acids is 1. The van der Waals surface area contributed by atoms with Crippen molar-refractivity contribution < 1.29 is 24.4 Å². The smallest absolute Gasteiger partial charge is 0.303 e. The predicted molar refractivity (Wildman–Crippen MR) is 117 cm³/mol. The van der Waals surface area contributed by atoms with Gasteiger partial charge in [0, 0.05) is 19.3 Å². The molecule has 0 radical (unpaired) electrons. The van der Waals surface area contributed by atoms with Crippen LogP contribution in [-0.2, 0) is 11.2 Å². The van der Waals surface area contributed by atoms with Gasteiger partial charge in [0.25, 0.3) is 0 Å². The maximum absolute atomic E-state index is 13.2. The summed E-state index contributed by atoms with van der Waals surface area (Å²) in [4.78, 5) is 10.5. The molecule has 1 fully saturated rings. The number of aryl methyl sites for hydroxylation is 1.